The topological polar surface area (TPSA) is 87.4 Å². The lowest BCUT2D eigenvalue weighted by Crippen LogP contribution is -2.44. The number of nitrogens with one attached hydrogen (secondary N) is 2. The van der Waals surface area contributed by atoms with E-state index in [4.69, 9.17) is 4.42 Å². The van der Waals surface area contributed by atoms with E-state index in [-0.39, 0.29) is 18.6 Å². The summed E-state index contributed by atoms with van der Waals surface area (Å²) in [5, 5.41) is 18.9. The van der Waals surface area contributed by atoms with Gasteiger partial charge in [0, 0.05) is 17.1 Å². The number of furan rings is 1. The molecule has 2 heterocycles. The first-order chi connectivity index (χ1) is 10.8. The Labute approximate surface area is 139 Å². The highest BCUT2D eigenvalue weighted by Crippen LogP contribution is 2.26. The molecule has 0 aromatic carbocycles. The van der Waals surface area contributed by atoms with Gasteiger partial charge in [-0.05, 0) is 33.3 Å². The van der Waals surface area contributed by atoms with Crippen LogP contribution in [0.2, 0.25) is 0 Å². The van der Waals surface area contributed by atoms with E-state index in [0.29, 0.717) is 11.3 Å². The molecule has 2 rings (SSSR count). The van der Waals surface area contributed by atoms with Crippen molar-refractivity contribution in [1.82, 2.24) is 15.6 Å². The SMILES string of the molecule is CC[C@H](NC(=O)NC[C@@](C)(O)c1cc(C)oc1C)c1nccs1. The van der Waals surface area contributed by atoms with E-state index in [1.54, 1.807) is 26.1 Å². The molecule has 0 saturated carbocycles. The van der Waals surface area contributed by atoms with Crippen molar-refractivity contribution in [1.29, 1.82) is 0 Å². The minimum atomic E-state index is -1.19. The van der Waals surface area contributed by atoms with Crippen molar-refractivity contribution in [2.24, 2.45) is 0 Å². The van der Waals surface area contributed by atoms with E-state index in [2.05, 4.69) is 15.6 Å². The molecule has 2 atom stereocenters. The molecule has 0 saturated heterocycles. The molecular formula is C16H23N3O3S. The number of hydrogen-bond donors (Lipinski definition) is 3. The lowest BCUT2D eigenvalue weighted by Gasteiger charge is -2.24. The van der Waals surface area contributed by atoms with E-state index in [9.17, 15) is 9.90 Å². The van der Waals surface area contributed by atoms with Crippen LogP contribution in [-0.4, -0.2) is 22.7 Å². The fraction of sp³-hybridized carbons (Fsp3) is 0.500. The van der Waals surface area contributed by atoms with Crippen LogP contribution in [0.5, 0.6) is 0 Å². The van der Waals surface area contributed by atoms with Crippen molar-refractivity contribution < 1.29 is 14.3 Å². The molecule has 2 aromatic rings. The Morgan fingerprint density at radius 3 is 2.78 bits per heavy atom. The Morgan fingerprint density at radius 2 is 2.26 bits per heavy atom. The molecule has 0 aliphatic heterocycles. The number of carbonyl (C=O) groups excluding carboxylic acids is 1. The van der Waals surface area contributed by atoms with Gasteiger partial charge in [0.05, 0.1) is 12.6 Å². The van der Waals surface area contributed by atoms with Gasteiger partial charge < -0.3 is 20.2 Å². The maximum atomic E-state index is 12.1. The molecule has 0 unspecified atom stereocenters. The van der Waals surface area contributed by atoms with Crippen molar-refractivity contribution in [2.75, 3.05) is 6.54 Å². The summed E-state index contributed by atoms with van der Waals surface area (Å²) in [6.07, 6.45) is 2.47. The molecule has 2 amide bonds. The number of amides is 2. The molecule has 6 nitrogen and oxygen atoms in total. The highest BCUT2D eigenvalue weighted by atomic mass is 32.1. The van der Waals surface area contributed by atoms with Crippen LogP contribution < -0.4 is 10.6 Å². The fourth-order valence-corrected chi connectivity index (χ4v) is 3.24. The Bertz CT molecular complexity index is 650. The van der Waals surface area contributed by atoms with Crippen molar-refractivity contribution >= 4 is 17.4 Å². The minimum Gasteiger partial charge on any atom is -0.466 e. The lowest BCUT2D eigenvalue weighted by molar-refractivity contribution is 0.0577. The van der Waals surface area contributed by atoms with Gasteiger partial charge in [-0.3, -0.25) is 0 Å². The summed E-state index contributed by atoms with van der Waals surface area (Å²) < 4.78 is 5.44. The molecule has 3 N–H and O–H groups in total. The van der Waals surface area contributed by atoms with Gasteiger partial charge in [0.2, 0.25) is 0 Å². The highest BCUT2D eigenvalue weighted by Gasteiger charge is 2.28. The Hall–Kier alpha value is -1.86. The van der Waals surface area contributed by atoms with Gasteiger partial charge in [-0.25, -0.2) is 9.78 Å². The number of thiazole rings is 1. The monoisotopic (exact) mass is 337 g/mol. The third-order valence-electron chi connectivity index (χ3n) is 3.68. The molecule has 0 bridgehead atoms. The highest BCUT2D eigenvalue weighted by molar-refractivity contribution is 7.09. The van der Waals surface area contributed by atoms with E-state index in [1.165, 1.54) is 11.3 Å². The van der Waals surface area contributed by atoms with Gasteiger partial charge in [0.25, 0.3) is 0 Å². The van der Waals surface area contributed by atoms with Crippen LogP contribution in [0.15, 0.2) is 22.1 Å². The Morgan fingerprint density at radius 1 is 1.52 bits per heavy atom. The van der Waals surface area contributed by atoms with Crippen LogP contribution in [0.1, 0.15) is 48.4 Å². The molecule has 0 spiro atoms. The Kier molecular flexibility index (Phi) is 5.43. The predicted octanol–water partition coefficient (Wildman–Crippen LogP) is 3.01. The van der Waals surface area contributed by atoms with E-state index < -0.39 is 5.60 Å². The van der Waals surface area contributed by atoms with Crippen LogP contribution in [-0.2, 0) is 5.60 Å². The van der Waals surface area contributed by atoms with Crippen LogP contribution in [0.3, 0.4) is 0 Å². The van der Waals surface area contributed by atoms with Crippen LogP contribution in [0.4, 0.5) is 4.79 Å². The second kappa shape index (κ2) is 7.14. The number of aryl methyl sites for hydroxylation is 2. The third-order valence-corrected chi connectivity index (χ3v) is 4.57. The number of nitrogens with zero attached hydrogens (tertiary/aromatic N) is 1. The zero-order chi connectivity index (χ0) is 17.0. The molecule has 23 heavy (non-hydrogen) atoms. The van der Waals surface area contributed by atoms with Crippen LogP contribution in [0, 0.1) is 13.8 Å². The second-order valence-corrected chi connectivity index (χ2v) is 6.69. The lowest BCUT2D eigenvalue weighted by atomic mass is 9.96. The third kappa shape index (κ3) is 4.33. The van der Waals surface area contributed by atoms with Crippen molar-refractivity contribution in [2.45, 2.75) is 45.8 Å². The van der Waals surface area contributed by atoms with Crippen LogP contribution in [0.25, 0.3) is 0 Å². The zero-order valence-corrected chi connectivity index (χ0v) is 14.7. The molecule has 126 valence electrons. The summed E-state index contributed by atoms with van der Waals surface area (Å²) in [4.78, 5) is 16.3. The van der Waals surface area contributed by atoms with Crippen molar-refractivity contribution in [3.8, 4) is 0 Å². The first-order valence-corrected chi connectivity index (χ1v) is 8.45. The normalized spacial score (nSPS) is 15.0. The molecular weight excluding hydrogens is 314 g/mol. The van der Waals surface area contributed by atoms with E-state index in [0.717, 1.165) is 17.2 Å². The average molecular weight is 337 g/mol. The summed E-state index contributed by atoms with van der Waals surface area (Å²) in [6, 6.07) is 1.34. The molecule has 0 radical (unpaired) electrons. The van der Waals surface area contributed by atoms with Gasteiger partial charge in [0.1, 0.15) is 22.1 Å². The number of hydrogen-bond acceptors (Lipinski definition) is 5. The van der Waals surface area contributed by atoms with Crippen LogP contribution >= 0.6 is 11.3 Å². The molecule has 7 heteroatoms. The maximum absolute atomic E-state index is 12.1. The smallest absolute Gasteiger partial charge is 0.315 e. The predicted molar refractivity (Wildman–Crippen MR) is 89.4 cm³/mol. The largest absolute Gasteiger partial charge is 0.466 e. The second-order valence-electron chi connectivity index (χ2n) is 5.76. The average Bonchev–Trinajstić information content (AvgIpc) is 3.12. The first kappa shape index (κ1) is 17.5. The summed E-state index contributed by atoms with van der Waals surface area (Å²) >= 11 is 1.51. The number of aromatic nitrogens is 1. The number of urea groups is 1. The van der Waals surface area contributed by atoms with E-state index >= 15 is 0 Å². The molecule has 0 aliphatic carbocycles. The summed E-state index contributed by atoms with van der Waals surface area (Å²) in [7, 11) is 0. The number of carbonyl (C=O) groups is 1. The van der Waals surface area contributed by atoms with Crippen molar-refractivity contribution in [3.05, 3.63) is 39.7 Å². The molecule has 2 aromatic heterocycles. The summed E-state index contributed by atoms with van der Waals surface area (Å²) in [6.45, 7) is 7.36. The van der Waals surface area contributed by atoms with Crippen molar-refractivity contribution in [3.63, 3.8) is 0 Å². The maximum Gasteiger partial charge on any atom is 0.315 e. The van der Waals surface area contributed by atoms with Gasteiger partial charge in [0.15, 0.2) is 0 Å². The van der Waals surface area contributed by atoms with Gasteiger partial charge in [-0.2, -0.15) is 0 Å². The quantitative estimate of drug-likeness (QED) is 0.756. The first-order valence-electron chi connectivity index (χ1n) is 7.57. The van der Waals surface area contributed by atoms with Gasteiger partial charge in [-0.15, -0.1) is 11.3 Å². The summed E-state index contributed by atoms with van der Waals surface area (Å²) in [5.41, 5.74) is -0.510. The Balaban J connectivity index is 1.94. The fourth-order valence-electron chi connectivity index (χ4n) is 2.47. The standard InChI is InChI=1S/C16H23N3O3S/c1-5-13(14-17-6-7-23-14)19-15(20)18-9-16(4,21)12-8-10(2)22-11(12)3/h6-8,13,21H,5,9H2,1-4H3,(H2,18,19,20)/t13-,16+/m0/s1. The zero-order valence-electron chi connectivity index (χ0n) is 13.8. The van der Waals surface area contributed by atoms with Gasteiger partial charge >= 0.3 is 6.03 Å². The number of rotatable bonds is 6. The van der Waals surface area contributed by atoms with E-state index in [1.807, 2.05) is 19.2 Å². The molecule has 0 aliphatic rings. The minimum absolute atomic E-state index is 0.0902. The number of aliphatic hydroxyl groups is 1. The summed E-state index contributed by atoms with van der Waals surface area (Å²) in [5.74, 6) is 1.39. The molecule has 0 fully saturated rings. The van der Waals surface area contributed by atoms with Gasteiger partial charge in [-0.1, -0.05) is 6.92 Å².